The molecule has 0 bridgehead atoms. The van der Waals surface area contributed by atoms with Crippen molar-refractivity contribution in [3.05, 3.63) is 58.4 Å². The van der Waals surface area contributed by atoms with Gasteiger partial charge in [0.2, 0.25) is 0 Å². The Kier molecular flexibility index (Phi) is 7.13. The third-order valence-electron chi connectivity index (χ3n) is 6.56. The predicted octanol–water partition coefficient (Wildman–Crippen LogP) is 5.03. The monoisotopic (exact) mass is 475 g/mol. The molecule has 2 aromatic carbocycles. The first-order valence-electron chi connectivity index (χ1n) is 10.9. The van der Waals surface area contributed by atoms with E-state index in [9.17, 15) is 0 Å². The summed E-state index contributed by atoms with van der Waals surface area (Å²) in [5.74, 6) is 1.78. The molecule has 8 heteroatoms. The van der Waals surface area contributed by atoms with Crippen LogP contribution in [0.15, 0.2) is 41.7 Å². The van der Waals surface area contributed by atoms with E-state index >= 15 is 0 Å². The molecular formula is C25H38N3O4P. The second-order valence-corrected chi connectivity index (χ2v) is 13.8. The van der Waals surface area contributed by atoms with Gasteiger partial charge in [-0.3, -0.25) is 0 Å². The molecule has 1 heterocycles. The van der Waals surface area contributed by atoms with Crippen molar-refractivity contribution in [3.63, 3.8) is 0 Å². The van der Waals surface area contributed by atoms with Crippen molar-refractivity contribution >= 4 is 13.4 Å². The van der Waals surface area contributed by atoms with E-state index in [4.69, 9.17) is 18.7 Å². The minimum absolute atomic E-state index is 0.273. The van der Waals surface area contributed by atoms with Crippen LogP contribution in [0, 0.1) is 6.92 Å². The molecule has 0 saturated carbocycles. The van der Waals surface area contributed by atoms with Gasteiger partial charge >= 0.3 is 198 Å². The van der Waals surface area contributed by atoms with Crippen molar-refractivity contribution in [1.29, 1.82) is 0 Å². The fraction of sp³-hybridized carbons (Fsp3) is 0.440. The number of rotatable bonds is 8. The second kappa shape index (κ2) is 9.24. The molecule has 3 rings (SSSR count). The maximum absolute atomic E-state index is 7.05. The molecule has 0 aliphatic carbocycles. The van der Waals surface area contributed by atoms with E-state index in [2.05, 4.69) is 93.6 Å². The SMILES string of the molecule is COc1cc(C2OP(N(C)C)(N(C)C)(N(C)C)/C2=C/c2ccc(C)cc2)cc(OC)c1OC. The summed E-state index contributed by atoms with van der Waals surface area (Å²) in [5, 5.41) is 1.21. The summed E-state index contributed by atoms with van der Waals surface area (Å²) in [7, 11) is 14.2. The van der Waals surface area contributed by atoms with Crippen molar-refractivity contribution in [3.8, 4) is 17.2 Å². The van der Waals surface area contributed by atoms with Crippen LogP contribution in [0.5, 0.6) is 17.2 Å². The van der Waals surface area contributed by atoms with Crippen LogP contribution < -0.4 is 14.2 Å². The molecule has 182 valence electrons. The second-order valence-electron chi connectivity index (χ2n) is 8.87. The van der Waals surface area contributed by atoms with Gasteiger partial charge in [-0.1, -0.05) is 0 Å². The molecule has 7 nitrogen and oxygen atoms in total. The summed E-state index contributed by atoms with van der Waals surface area (Å²) in [6.45, 7) is 2.10. The van der Waals surface area contributed by atoms with Crippen LogP contribution in [0.4, 0.5) is 0 Å². The summed E-state index contributed by atoms with van der Waals surface area (Å²) < 4.78 is 30.5. The van der Waals surface area contributed by atoms with Crippen LogP contribution in [-0.4, -0.2) is 77.6 Å². The Morgan fingerprint density at radius 2 is 1.27 bits per heavy atom. The summed E-state index contributed by atoms with van der Waals surface area (Å²) in [6, 6.07) is 12.5. The fourth-order valence-electron chi connectivity index (χ4n) is 5.02. The molecule has 0 radical (unpaired) electrons. The quantitative estimate of drug-likeness (QED) is 0.496. The van der Waals surface area contributed by atoms with Crippen molar-refractivity contribution < 1.29 is 18.7 Å². The third kappa shape index (κ3) is 3.63. The zero-order valence-corrected chi connectivity index (χ0v) is 22.4. The predicted molar refractivity (Wildman–Crippen MR) is 137 cm³/mol. The number of ether oxygens (including phenoxy) is 3. The summed E-state index contributed by atoms with van der Waals surface area (Å²) in [4.78, 5) is 0. The Morgan fingerprint density at radius 1 is 0.788 bits per heavy atom. The Hall–Kier alpha value is -2.15. The molecule has 1 saturated heterocycles. The van der Waals surface area contributed by atoms with E-state index in [0.29, 0.717) is 17.2 Å². The minimum atomic E-state index is -3.23. The fourth-order valence-corrected chi connectivity index (χ4v) is 10.7. The third-order valence-corrected chi connectivity index (χ3v) is 12.8. The first kappa shape index (κ1) is 25.5. The Balaban J connectivity index is 2.29. The van der Waals surface area contributed by atoms with Gasteiger partial charge in [0.05, 0.1) is 0 Å². The van der Waals surface area contributed by atoms with Gasteiger partial charge in [-0.15, -0.1) is 0 Å². The van der Waals surface area contributed by atoms with Gasteiger partial charge < -0.3 is 0 Å². The van der Waals surface area contributed by atoms with E-state index in [-0.39, 0.29) is 6.10 Å². The Bertz CT molecular complexity index is 985. The van der Waals surface area contributed by atoms with E-state index in [1.807, 2.05) is 12.1 Å². The van der Waals surface area contributed by atoms with E-state index in [1.54, 1.807) is 21.3 Å². The van der Waals surface area contributed by atoms with Crippen LogP contribution in [0.25, 0.3) is 6.08 Å². The molecule has 2 aromatic rings. The van der Waals surface area contributed by atoms with Gasteiger partial charge in [-0.05, 0) is 0 Å². The van der Waals surface area contributed by atoms with Crippen molar-refractivity contribution in [2.45, 2.75) is 13.0 Å². The first-order valence-corrected chi connectivity index (χ1v) is 12.9. The van der Waals surface area contributed by atoms with Gasteiger partial charge in [-0.2, -0.15) is 0 Å². The molecule has 0 spiro atoms. The van der Waals surface area contributed by atoms with Crippen LogP contribution in [-0.2, 0) is 4.52 Å². The van der Waals surface area contributed by atoms with Crippen molar-refractivity contribution in [2.75, 3.05) is 63.6 Å². The zero-order chi connectivity index (χ0) is 24.6. The number of hydrogen-bond donors (Lipinski definition) is 0. The molecule has 1 aliphatic heterocycles. The molecule has 0 N–H and O–H groups in total. The molecule has 1 unspecified atom stereocenters. The summed E-state index contributed by atoms with van der Waals surface area (Å²) in [5.41, 5.74) is 3.32. The number of methoxy groups -OCH3 is 3. The number of aryl methyl sites for hydroxylation is 1. The van der Waals surface area contributed by atoms with E-state index < -0.39 is 7.28 Å². The maximum atomic E-state index is 7.05. The average molecular weight is 476 g/mol. The standard InChI is InChI=1S/C25H38N3O4P/c1-18-11-13-19(14-12-18)15-23-24(32-33(23,26(2)3,27(4)5)28(6)7)20-16-21(29-8)25(31-10)22(17-20)30-9/h11-17,24H,1-10H3/b23-15+. The van der Waals surface area contributed by atoms with E-state index in [1.165, 1.54) is 10.9 Å². The zero-order valence-electron chi connectivity index (χ0n) is 21.5. The van der Waals surface area contributed by atoms with Crippen LogP contribution in [0.1, 0.15) is 22.8 Å². The molecule has 0 amide bonds. The molecule has 1 aliphatic rings. The van der Waals surface area contributed by atoms with E-state index in [0.717, 1.165) is 11.1 Å². The van der Waals surface area contributed by atoms with Gasteiger partial charge in [0, 0.05) is 0 Å². The number of nitrogens with zero attached hydrogens (tertiary/aromatic N) is 3. The van der Waals surface area contributed by atoms with Crippen LogP contribution >= 0.6 is 7.28 Å². The van der Waals surface area contributed by atoms with Gasteiger partial charge in [0.15, 0.2) is 0 Å². The Labute approximate surface area is 198 Å². The summed E-state index contributed by atoms with van der Waals surface area (Å²) in [6.07, 6.45) is 2.00. The first-order chi connectivity index (χ1) is 15.6. The van der Waals surface area contributed by atoms with Gasteiger partial charge in [0.25, 0.3) is 0 Å². The number of benzene rings is 2. The molecule has 1 atom stereocenters. The molecule has 0 aromatic heterocycles. The topological polar surface area (TPSA) is 46.6 Å². The van der Waals surface area contributed by atoms with Gasteiger partial charge in [-0.25, -0.2) is 0 Å². The molecular weight excluding hydrogens is 437 g/mol. The number of hydrogen-bond acceptors (Lipinski definition) is 7. The normalized spacial score (nSPS) is 21.5. The van der Waals surface area contributed by atoms with Crippen molar-refractivity contribution in [1.82, 2.24) is 14.0 Å². The molecule has 33 heavy (non-hydrogen) atoms. The van der Waals surface area contributed by atoms with Crippen LogP contribution in [0.3, 0.4) is 0 Å². The van der Waals surface area contributed by atoms with Crippen LogP contribution in [0.2, 0.25) is 0 Å². The summed E-state index contributed by atoms with van der Waals surface area (Å²) >= 11 is 0. The average Bonchev–Trinajstić information content (AvgIpc) is 2.76. The molecule has 1 fully saturated rings. The van der Waals surface area contributed by atoms with Gasteiger partial charge in [0.1, 0.15) is 0 Å². The Morgan fingerprint density at radius 3 is 1.67 bits per heavy atom. The van der Waals surface area contributed by atoms with Crippen molar-refractivity contribution in [2.24, 2.45) is 0 Å².